The normalized spacial score (nSPS) is 10.4. The van der Waals surface area contributed by atoms with Crippen LogP contribution in [0.3, 0.4) is 0 Å². The van der Waals surface area contributed by atoms with Gasteiger partial charge in [0.1, 0.15) is 0 Å². The number of rotatable bonds is 8. The molecule has 19 heavy (non-hydrogen) atoms. The number of hydrogen-bond donors (Lipinski definition) is 2. The molecule has 1 aromatic rings. The molecule has 0 bridgehead atoms. The van der Waals surface area contributed by atoms with Crippen molar-refractivity contribution in [3.05, 3.63) is 20.8 Å². The Bertz CT molecular complexity index is 511. The van der Waals surface area contributed by atoms with Gasteiger partial charge in [-0.1, -0.05) is 31.5 Å². The van der Waals surface area contributed by atoms with Crippen LogP contribution in [0, 0.1) is 0 Å². The van der Waals surface area contributed by atoms with Crippen LogP contribution in [0.15, 0.2) is 14.6 Å². The minimum atomic E-state index is -0.648. The number of carbonyl (C=O) groups is 1. The zero-order valence-corrected chi connectivity index (χ0v) is 11.5. The molecule has 106 valence electrons. The lowest BCUT2D eigenvalue weighted by molar-refractivity contribution is -0.143. The second kappa shape index (κ2) is 8.52. The Morgan fingerprint density at radius 3 is 2.84 bits per heavy atom. The van der Waals surface area contributed by atoms with Crippen molar-refractivity contribution < 1.29 is 9.53 Å². The Morgan fingerprint density at radius 1 is 1.37 bits per heavy atom. The highest BCUT2D eigenvalue weighted by Crippen LogP contribution is 2.10. The van der Waals surface area contributed by atoms with E-state index in [2.05, 4.69) is 22.1 Å². The first-order valence-electron chi connectivity index (χ1n) is 6.11. The number of esters is 1. The summed E-state index contributed by atoms with van der Waals surface area (Å²) in [5.74, 6) is 0.0961. The van der Waals surface area contributed by atoms with E-state index in [4.69, 9.17) is 4.74 Å². The van der Waals surface area contributed by atoms with Crippen LogP contribution in [0.5, 0.6) is 0 Å². The molecule has 0 aliphatic heterocycles. The molecule has 1 heterocycles. The Labute approximate surface area is 114 Å². The van der Waals surface area contributed by atoms with E-state index < -0.39 is 11.2 Å². The van der Waals surface area contributed by atoms with E-state index in [1.807, 2.05) is 0 Å². The van der Waals surface area contributed by atoms with Crippen molar-refractivity contribution in [3.63, 3.8) is 0 Å². The fourth-order valence-electron chi connectivity index (χ4n) is 1.28. The van der Waals surface area contributed by atoms with Gasteiger partial charge in [0.15, 0.2) is 5.03 Å². The molecule has 1 aromatic heterocycles. The molecule has 0 radical (unpaired) electrons. The second-order valence-corrected chi connectivity index (χ2v) is 4.92. The van der Waals surface area contributed by atoms with E-state index in [-0.39, 0.29) is 17.4 Å². The van der Waals surface area contributed by atoms with Crippen LogP contribution in [0.4, 0.5) is 0 Å². The van der Waals surface area contributed by atoms with E-state index >= 15 is 0 Å². The quantitative estimate of drug-likeness (QED) is 0.414. The fourth-order valence-corrected chi connectivity index (χ4v) is 2.03. The molecule has 0 saturated heterocycles. The number of H-pyrrole nitrogens is 2. The smallest absolute Gasteiger partial charge is 0.342 e. The fraction of sp³-hybridized carbons (Fsp3) is 0.636. The van der Waals surface area contributed by atoms with Crippen LogP contribution in [-0.2, 0) is 9.53 Å². The summed E-state index contributed by atoms with van der Waals surface area (Å²) < 4.78 is 5.01. The van der Waals surface area contributed by atoms with E-state index in [0.717, 1.165) is 31.0 Å². The lowest BCUT2D eigenvalue weighted by Gasteiger charge is -2.03. The van der Waals surface area contributed by atoms with Gasteiger partial charge in [0.05, 0.1) is 13.0 Å². The number of hydrogen-bond acceptors (Lipinski definition) is 6. The number of thioether (sulfide) groups is 1. The Hall–Kier alpha value is -1.57. The number of ether oxygens (including phenoxy) is 1. The van der Waals surface area contributed by atoms with Gasteiger partial charge in [-0.05, 0) is 6.42 Å². The van der Waals surface area contributed by atoms with Gasteiger partial charge in [-0.25, -0.2) is 9.89 Å². The number of aromatic nitrogens is 3. The maximum Gasteiger partial charge on any atom is 0.342 e. The van der Waals surface area contributed by atoms with Gasteiger partial charge < -0.3 is 4.74 Å². The SMILES string of the molecule is CCCCCOC(=O)CCSc1n[nH]c(=O)[nH]c1=O. The lowest BCUT2D eigenvalue weighted by Crippen LogP contribution is -2.25. The van der Waals surface area contributed by atoms with Crippen molar-refractivity contribution in [1.82, 2.24) is 15.2 Å². The molecule has 8 heteroatoms. The van der Waals surface area contributed by atoms with Gasteiger partial charge in [-0.2, -0.15) is 5.10 Å². The zero-order chi connectivity index (χ0) is 14.1. The van der Waals surface area contributed by atoms with Crippen molar-refractivity contribution in [3.8, 4) is 0 Å². The number of nitrogens with zero attached hydrogens (tertiary/aromatic N) is 1. The summed E-state index contributed by atoms with van der Waals surface area (Å²) in [7, 11) is 0. The highest BCUT2D eigenvalue weighted by Gasteiger charge is 2.06. The minimum Gasteiger partial charge on any atom is -0.466 e. The predicted octanol–water partition coefficient (Wildman–Crippen LogP) is 0.674. The van der Waals surface area contributed by atoms with Crippen molar-refractivity contribution >= 4 is 17.7 Å². The molecule has 0 aliphatic carbocycles. The lowest BCUT2D eigenvalue weighted by atomic mass is 10.3. The summed E-state index contributed by atoms with van der Waals surface area (Å²) in [5.41, 5.74) is -1.20. The molecule has 0 atom stereocenters. The largest absolute Gasteiger partial charge is 0.466 e. The molecular formula is C11H17N3O4S. The summed E-state index contributed by atoms with van der Waals surface area (Å²) in [6.45, 7) is 2.52. The highest BCUT2D eigenvalue weighted by atomic mass is 32.2. The Morgan fingerprint density at radius 2 is 2.16 bits per heavy atom. The van der Waals surface area contributed by atoms with Crippen LogP contribution in [0.2, 0.25) is 0 Å². The Kier molecular flexibility index (Phi) is 6.94. The molecule has 0 fully saturated rings. The number of carbonyl (C=O) groups excluding carboxylic acids is 1. The monoisotopic (exact) mass is 287 g/mol. The topological polar surface area (TPSA) is 105 Å². The second-order valence-electron chi connectivity index (χ2n) is 3.84. The van der Waals surface area contributed by atoms with Gasteiger partial charge in [0.2, 0.25) is 0 Å². The molecule has 0 spiro atoms. The molecule has 0 saturated carbocycles. The van der Waals surface area contributed by atoms with Crippen LogP contribution in [-0.4, -0.2) is 33.5 Å². The van der Waals surface area contributed by atoms with Gasteiger partial charge in [-0.3, -0.25) is 14.6 Å². The summed E-state index contributed by atoms with van der Waals surface area (Å²) in [4.78, 5) is 35.4. The zero-order valence-electron chi connectivity index (χ0n) is 10.7. The number of aromatic amines is 2. The third-order valence-electron chi connectivity index (χ3n) is 2.24. The molecular weight excluding hydrogens is 270 g/mol. The Balaban J connectivity index is 2.24. The van der Waals surface area contributed by atoms with Crippen LogP contribution in [0.1, 0.15) is 32.6 Å². The van der Waals surface area contributed by atoms with Crippen molar-refractivity contribution in [2.45, 2.75) is 37.6 Å². The van der Waals surface area contributed by atoms with Crippen LogP contribution < -0.4 is 11.2 Å². The summed E-state index contributed by atoms with van der Waals surface area (Å²) in [5, 5.41) is 5.86. The third-order valence-corrected chi connectivity index (χ3v) is 3.19. The van der Waals surface area contributed by atoms with E-state index in [9.17, 15) is 14.4 Å². The average molecular weight is 287 g/mol. The summed E-state index contributed by atoms with van der Waals surface area (Å²) in [6, 6.07) is 0. The first kappa shape index (κ1) is 15.5. The molecule has 0 amide bonds. The molecule has 2 N–H and O–H groups in total. The van der Waals surface area contributed by atoms with Crippen LogP contribution >= 0.6 is 11.8 Å². The molecule has 0 aliphatic rings. The average Bonchev–Trinajstić information content (AvgIpc) is 2.37. The van der Waals surface area contributed by atoms with Gasteiger partial charge in [0.25, 0.3) is 5.56 Å². The first-order valence-corrected chi connectivity index (χ1v) is 7.09. The van der Waals surface area contributed by atoms with Gasteiger partial charge in [0, 0.05) is 5.75 Å². The van der Waals surface area contributed by atoms with Gasteiger partial charge >= 0.3 is 11.7 Å². The standard InChI is InChI=1S/C11H17N3O4S/c1-2-3-4-6-18-8(15)5-7-19-10-9(16)12-11(17)14-13-10/h2-7H2,1H3,(H2,12,14,16,17). The maximum atomic E-state index is 11.3. The van der Waals surface area contributed by atoms with Crippen molar-refractivity contribution in [2.24, 2.45) is 0 Å². The number of nitrogens with one attached hydrogen (secondary N) is 2. The van der Waals surface area contributed by atoms with E-state index in [1.54, 1.807) is 0 Å². The summed E-state index contributed by atoms with van der Waals surface area (Å²) in [6.07, 6.45) is 3.19. The maximum absolute atomic E-state index is 11.3. The molecule has 1 rings (SSSR count). The highest BCUT2D eigenvalue weighted by molar-refractivity contribution is 7.99. The molecule has 0 unspecified atom stereocenters. The predicted molar refractivity (Wildman–Crippen MR) is 71.3 cm³/mol. The van der Waals surface area contributed by atoms with E-state index in [1.165, 1.54) is 0 Å². The molecule has 0 aromatic carbocycles. The van der Waals surface area contributed by atoms with Crippen molar-refractivity contribution in [1.29, 1.82) is 0 Å². The molecule has 7 nitrogen and oxygen atoms in total. The van der Waals surface area contributed by atoms with Crippen molar-refractivity contribution in [2.75, 3.05) is 12.4 Å². The van der Waals surface area contributed by atoms with Crippen LogP contribution in [0.25, 0.3) is 0 Å². The van der Waals surface area contributed by atoms with Gasteiger partial charge in [-0.15, -0.1) is 0 Å². The minimum absolute atomic E-state index is 0.137. The summed E-state index contributed by atoms with van der Waals surface area (Å²) >= 11 is 1.10. The number of unbranched alkanes of at least 4 members (excludes halogenated alkanes) is 2. The first-order chi connectivity index (χ1) is 9.13. The third kappa shape index (κ3) is 6.23. The van der Waals surface area contributed by atoms with E-state index in [0.29, 0.717) is 12.4 Å².